The molecule has 0 fully saturated rings. The number of amides is 1. The van der Waals surface area contributed by atoms with E-state index in [0.29, 0.717) is 12.3 Å². The van der Waals surface area contributed by atoms with Crippen LogP contribution in [0.15, 0.2) is 66.7 Å². The summed E-state index contributed by atoms with van der Waals surface area (Å²) in [4.78, 5) is 11.1. The molecule has 0 aromatic heterocycles. The average molecular weight is 401 g/mol. The van der Waals surface area contributed by atoms with Crippen molar-refractivity contribution in [3.63, 3.8) is 0 Å². The van der Waals surface area contributed by atoms with Crippen LogP contribution in [0.2, 0.25) is 0 Å². The highest BCUT2D eigenvalue weighted by atomic mass is 35.5. The second-order valence-corrected chi connectivity index (χ2v) is 6.54. The smallest absolute Gasteiger partial charge is 0.255 e. The normalized spacial score (nSPS) is 12.8. The van der Waals surface area contributed by atoms with Gasteiger partial charge in [0.2, 0.25) is 0 Å². The van der Waals surface area contributed by atoms with Gasteiger partial charge in [0.25, 0.3) is 5.91 Å². The second-order valence-electron chi connectivity index (χ2n) is 6.54. The number of aliphatic hydroxyl groups is 1. The summed E-state index contributed by atoms with van der Waals surface area (Å²) in [5.74, 6) is 0.0938. The van der Waals surface area contributed by atoms with Crippen LogP contribution in [0, 0.1) is 0 Å². The standard InChI is InChI=1S/C22H24N2O3.ClH/c1-15(22(26)17-8-3-2-4-9-17)24-13-19-18-10-6-5-7-16(18)11-12-20(19)27-14-21(23)25;/h2-12,15,22,24,26H,13-14H2,1H3,(H2,23,25);1H. The van der Waals surface area contributed by atoms with Crippen LogP contribution in [0.25, 0.3) is 10.8 Å². The molecule has 1 amide bonds. The van der Waals surface area contributed by atoms with E-state index in [1.807, 2.05) is 73.7 Å². The Bertz CT molecular complexity index is 918. The van der Waals surface area contributed by atoms with Crippen molar-refractivity contribution < 1.29 is 14.6 Å². The largest absolute Gasteiger partial charge is 0.483 e. The lowest BCUT2D eigenvalue weighted by atomic mass is 10.0. The molecule has 3 aromatic carbocycles. The van der Waals surface area contributed by atoms with Crippen molar-refractivity contribution in [3.05, 3.63) is 77.9 Å². The Kier molecular flexibility index (Phi) is 7.81. The Labute approximate surface area is 170 Å². The third kappa shape index (κ3) is 5.23. The fourth-order valence-corrected chi connectivity index (χ4v) is 3.10. The van der Waals surface area contributed by atoms with Gasteiger partial charge in [0.1, 0.15) is 5.75 Å². The maximum absolute atomic E-state index is 11.1. The van der Waals surface area contributed by atoms with Crippen LogP contribution in [-0.4, -0.2) is 23.7 Å². The lowest BCUT2D eigenvalue weighted by Gasteiger charge is -2.22. The van der Waals surface area contributed by atoms with Crippen molar-refractivity contribution in [1.29, 1.82) is 0 Å². The van der Waals surface area contributed by atoms with Crippen LogP contribution in [-0.2, 0) is 11.3 Å². The number of nitrogens with two attached hydrogens (primary N) is 1. The van der Waals surface area contributed by atoms with E-state index in [4.69, 9.17) is 10.5 Å². The minimum Gasteiger partial charge on any atom is -0.483 e. The van der Waals surface area contributed by atoms with E-state index in [9.17, 15) is 9.90 Å². The monoisotopic (exact) mass is 400 g/mol. The fraction of sp³-hybridized carbons (Fsp3) is 0.227. The summed E-state index contributed by atoms with van der Waals surface area (Å²) in [6.45, 7) is 2.25. The van der Waals surface area contributed by atoms with Crippen molar-refractivity contribution in [2.24, 2.45) is 5.73 Å². The molecule has 0 bridgehead atoms. The topological polar surface area (TPSA) is 84.6 Å². The number of rotatable bonds is 8. The number of hydrogen-bond donors (Lipinski definition) is 3. The first kappa shape index (κ1) is 21.7. The number of aliphatic hydroxyl groups excluding tert-OH is 1. The highest BCUT2D eigenvalue weighted by Gasteiger charge is 2.17. The van der Waals surface area contributed by atoms with Crippen molar-refractivity contribution in [2.45, 2.75) is 25.6 Å². The van der Waals surface area contributed by atoms with Crippen LogP contribution in [0.1, 0.15) is 24.2 Å². The molecule has 3 rings (SSSR count). The van der Waals surface area contributed by atoms with Gasteiger partial charge < -0.3 is 20.9 Å². The first-order valence-electron chi connectivity index (χ1n) is 8.94. The number of ether oxygens (including phenoxy) is 1. The predicted molar refractivity (Wildman–Crippen MR) is 114 cm³/mol. The Balaban J connectivity index is 0.00000280. The zero-order chi connectivity index (χ0) is 19.2. The van der Waals surface area contributed by atoms with Gasteiger partial charge in [-0.25, -0.2) is 0 Å². The van der Waals surface area contributed by atoms with E-state index in [1.165, 1.54) is 0 Å². The quantitative estimate of drug-likeness (QED) is 0.541. The summed E-state index contributed by atoms with van der Waals surface area (Å²) in [7, 11) is 0. The molecule has 0 saturated heterocycles. The molecule has 2 unspecified atom stereocenters. The van der Waals surface area contributed by atoms with Crippen molar-refractivity contribution >= 4 is 29.1 Å². The first-order valence-corrected chi connectivity index (χ1v) is 8.94. The highest BCUT2D eigenvalue weighted by Crippen LogP contribution is 2.28. The van der Waals surface area contributed by atoms with Crippen LogP contribution in [0.4, 0.5) is 0 Å². The number of hydrogen-bond acceptors (Lipinski definition) is 4. The average Bonchev–Trinajstić information content (AvgIpc) is 2.70. The number of primary amides is 1. The van der Waals surface area contributed by atoms with Crippen molar-refractivity contribution in [1.82, 2.24) is 5.32 Å². The Morgan fingerprint density at radius 3 is 2.46 bits per heavy atom. The van der Waals surface area contributed by atoms with Gasteiger partial charge in [0.15, 0.2) is 6.61 Å². The third-order valence-corrected chi connectivity index (χ3v) is 4.58. The van der Waals surface area contributed by atoms with Crippen LogP contribution in [0.5, 0.6) is 5.75 Å². The Hall–Kier alpha value is -2.60. The van der Waals surface area contributed by atoms with Gasteiger partial charge in [0, 0.05) is 18.2 Å². The van der Waals surface area contributed by atoms with E-state index in [0.717, 1.165) is 21.9 Å². The number of nitrogens with one attached hydrogen (secondary N) is 1. The lowest BCUT2D eigenvalue weighted by molar-refractivity contribution is -0.119. The Morgan fingerprint density at radius 1 is 1.07 bits per heavy atom. The molecule has 0 aliphatic carbocycles. The fourth-order valence-electron chi connectivity index (χ4n) is 3.10. The molecule has 0 aliphatic rings. The molecule has 28 heavy (non-hydrogen) atoms. The summed E-state index contributed by atoms with van der Waals surface area (Å²) < 4.78 is 5.61. The molecule has 148 valence electrons. The minimum absolute atomic E-state index is 0. The van der Waals surface area contributed by atoms with Crippen LogP contribution >= 0.6 is 12.4 Å². The molecule has 0 radical (unpaired) electrons. The van der Waals surface area contributed by atoms with E-state index in [-0.39, 0.29) is 25.1 Å². The van der Waals surface area contributed by atoms with Gasteiger partial charge in [-0.3, -0.25) is 4.79 Å². The molecule has 6 heteroatoms. The number of fused-ring (bicyclic) bond motifs is 1. The van der Waals surface area contributed by atoms with Crippen LogP contribution < -0.4 is 15.8 Å². The van der Waals surface area contributed by atoms with E-state index in [2.05, 4.69) is 5.32 Å². The molecule has 0 saturated carbocycles. The van der Waals surface area contributed by atoms with Gasteiger partial charge in [-0.1, -0.05) is 60.7 Å². The minimum atomic E-state index is -0.629. The van der Waals surface area contributed by atoms with Crippen molar-refractivity contribution in [3.8, 4) is 5.75 Å². The number of carbonyl (C=O) groups is 1. The summed E-state index contributed by atoms with van der Waals surface area (Å²) >= 11 is 0. The molecule has 3 aromatic rings. The SMILES string of the molecule is CC(NCc1c(OCC(N)=O)ccc2ccccc12)C(O)c1ccccc1.Cl. The summed E-state index contributed by atoms with van der Waals surface area (Å²) in [5.41, 5.74) is 7.01. The van der Waals surface area contributed by atoms with E-state index >= 15 is 0 Å². The summed E-state index contributed by atoms with van der Waals surface area (Å²) in [6, 6.07) is 21.2. The third-order valence-electron chi connectivity index (χ3n) is 4.58. The lowest BCUT2D eigenvalue weighted by Crippen LogP contribution is -2.32. The molecule has 5 nitrogen and oxygen atoms in total. The molecular weight excluding hydrogens is 376 g/mol. The summed E-state index contributed by atoms with van der Waals surface area (Å²) in [6.07, 6.45) is -0.629. The zero-order valence-corrected chi connectivity index (χ0v) is 16.5. The maximum atomic E-state index is 11.1. The molecule has 0 aliphatic heterocycles. The zero-order valence-electron chi connectivity index (χ0n) is 15.7. The van der Waals surface area contributed by atoms with Gasteiger partial charge in [-0.15, -0.1) is 12.4 Å². The van der Waals surface area contributed by atoms with Gasteiger partial charge in [-0.05, 0) is 29.3 Å². The molecule has 0 heterocycles. The molecule has 4 N–H and O–H groups in total. The maximum Gasteiger partial charge on any atom is 0.255 e. The first-order chi connectivity index (χ1) is 13.1. The second kappa shape index (κ2) is 10.1. The Morgan fingerprint density at radius 2 is 1.75 bits per heavy atom. The predicted octanol–water partition coefficient (Wildman–Crippen LogP) is 3.34. The van der Waals surface area contributed by atoms with Crippen molar-refractivity contribution in [2.75, 3.05) is 6.61 Å². The number of carbonyl (C=O) groups excluding carboxylic acids is 1. The number of benzene rings is 3. The highest BCUT2D eigenvalue weighted by molar-refractivity contribution is 5.88. The van der Waals surface area contributed by atoms with Gasteiger partial charge in [-0.2, -0.15) is 0 Å². The van der Waals surface area contributed by atoms with E-state index in [1.54, 1.807) is 0 Å². The molecule has 2 atom stereocenters. The van der Waals surface area contributed by atoms with Crippen LogP contribution in [0.3, 0.4) is 0 Å². The molecular formula is C22H25ClN2O3. The van der Waals surface area contributed by atoms with Gasteiger partial charge >= 0.3 is 0 Å². The number of halogens is 1. The van der Waals surface area contributed by atoms with E-state index < -0.39 is 12.0 Å². The van der Waals surface area contributed by atoms with Gasteiger partial charge in [0.05, 0.1) is 6.10 Å². The summed E-state index contributed by atoms with van der Waals surface area (Å²) in [5, 5.41) is 16.1. The molecule has 0 spiro atoms.